The first kappa shape index (κ1) is 15.3. The van der Waals surface area contributed by atoms with Crippen molar-refractivity contribution in [3.05, 3.63) is 22.7 Å². The molecule has 0 spiro atoms. The SMILES string of the molecule is O=C(NCCc1cc(Cl)c2c(c1)OCCO2)NC1CCCC1. The van der Waals surface area contributed by atoms with Gasteiger partial charge in [0.25, 0.3) is 0 Å². The number of carbonyl (C=O) groups excluding carboxylic acids is 1. The number of carbonyl (C=O) groups is 1. The largest absolute Gasteiger partial charge is 0.486 e. The average molecular weight is 325 g/mol. The summed E-state index contributed by atoms with van der Waals surface area (Å²) in [5, 5.41) is 6.46. The number of nitrogens with one attached hydrogen (secondary N) is 2. The summed E-state index contributed by atoms with van der Waals surface area (Å²) in [6, 6.07) is 4.04. The normalized spacial score (nSPS) is 17.3. The van der Waals surface area contributed by atoms with Crippen LogP contribution in [0.4, 0.5) is 4.79 Å². The molecule has 1 aliphatic carbocycles. The van der Waals surface area contributed by atoms with Crippen LogP contribution in [0.1, 0.15) is 31.2 Å². The molecule has 1 aromatic carbocycles. The maximum atomic E-state index is 11.8. The van der Waals surface area contributed by atoms with Gasteiger partial charge in [0.2, 0.25) is 0 Å². The predicted molar refractivity (Wildman–Crippen MR) is 84.9 cm³/mol. The summed E-state index contributed by atoms with van der Waals surface area (Å²) < 4.78 is 11.0. The number of halogens is 1. The Morgan fingerprint density at radius 2 is 2.00 bits per heavy atom. The molecule has 120 valence electrons. The zero-order valence-electron chi connectivity index (χ0n) is 12.5. The van der Waals surface area contributed by atoms with Crippen molar-refractivity contribution < 1.29 is 14.3 Å². The molecule has 1 heterocycles. The van der Waals surface area contributed by atoms with E-state index in [2.05, 4.69) is 10.6 Å². The molecule has 1 aromatic rings. The number of ether oxygens (including phenoxy) is 2. The van der Waals surface area contributed by atoms with E-state index in [4.69, 9.17) is 21.1 Å². The van der Waals surface area contributed by atoms with Crippen LogP contribution < -0.4 is 20.1 Å². The minimum absolute atomic E-state index is 0.0875. The molecular weight excluding hydrogens is 304 g/mol. The van der Waals surface area contributed by atoms with Gasteiger partial charge in [-0.15, -0.1) is 0 Å². The summed E-state index contributed by atoms with van der Waals surface area (Å²) >= 11 is 6.20. The van der Waals surface area contributed by atoms with E-state index < -0.39 is 0 Å². The topological polar surface area (TPSA) is 59.6 Å². The van der Waals surface area contributed by atoms with E-state index in [0.29, 0.717) is 48.7 Å². The maximum Gasteiger partial charge on any atom is 0.315 e. The van der Waals surface area contributed by atoms with E-state index in [1.54, 1.807) is 0 Å². The molecule has 5 nitrogen and oxygen atoms in total. The molecule has 2 N–H and O–H groups in total. The fraction of sp³-hybridized carbons (Fsp3) is 0.562. The van der Waals surface area contributed by atoms with Gasteiger partial charge in [-0.2, -0.15) is 0 Å². The lowest BCUT2D eigenvalue weighted by Gasteiger charge is -2.20. The highest BCUT2D eigenvalue weighted by Gasteiger charge is 2.18. The fourth-order valence-corrected chi connectivity index (χ4v) is 3.22. The van der Waals surface area contributed by atoms with Crippen molar-refractivity contribution in [2.75, 3.05) is 19.8 Å². The minimum Gasteiger partial charge on any atom is -0.486 e. The van der Waals surface area contributed by atoms with Gasteiger partial charge in [-0.1, -0.05) is 24.4 Å². The van der Waals surface area contributed by atoms with Gasteiger partial charge in [-0.05, 0) is 37.0 Å². The number of hydrogen-bond donors (Lipinski definition) is 2. The second kappa shape index (κ2) is 7.09. The third kappa shape index (κ3) is 3.77. The van der Waals surface area contributed by atoms with Crippen LogP contribution >= 0.6 is 11.6 Å². The van der Waals surface area contributed by atoms with Crippen LogP contribution in [0.15, 0.2) is 12.1 Å². The molecule has 0 saturated heterocycles. The molecule has 3 rings (SSSR count). The highest BCUT2D eigenvalue weighted by molar-refractivity contribution is 6.32. The molecule has 6 heteroatoms. The maximum absolute atomic E-state index is 11.8. The second-order valence-corrected chi connectivity index (χ2v) is 6.14. The molecule has 22 heavy (non-hydrogen) atoms. The van der Waals surface area contributed by atoms with Crippen molar-refractivity contribution in [1.82, 2.24) is 10.6 Å². The Morgan fingerprint density at radius 3 is 2.82 bits per heavy atom. The van der Waals surface area contributed by atoms with Crippen molar-refractivity contribution >= 4 is 17.6 Å². The van der Waals surface area contributed by atoms with Crippen molar-refractivity contribution in [3.63, 3.8) is 0 Å². The van der Waals surface area contributed by atoms with Gasteiger partial charge in [-0.3, -0.25) is 0 Å². The third-order valence-corrected chi connectivity index (χ3v) is 4.33. The Kier molecular flexibility index (Phi) is 4.93. The zero-order valence-corrected chi connectivity index (χ0v) is 13.2. The molecule has 0 atom stereocenters. The molecule has 2 aliphatic rings. The number of benzene rings is 1. The van der Waals surface area contributed by atoms with Gasteiger partial charge < -0.3 is 20.1 Å². The summed E-state index contributed by atoms with van der Waals surface area (Å²) in [4.78, 5) is 11.8. The van der Waals surface area contributed by atoms with Crippen molar-refractivity contribution in [1.29, 1.82) is 0 Å². The third-order valence-electron chi connectivity index (χ3n) is 4.05. The van der Waals surface area contributed by atoms with Crippen LogP contribution in [-0.2, 0) is 6.42 Å². The Bertz CT molecular complexity index is 544. The molecular formula is C16H21ClN2O3. The Balaban J connectivity index is 1.49. The Labute approximate surface area is 135 Å². The van der Waals surface area contributed by atoms with Crippen LogP contribution in [0.5, 0.6) is 11.5 Å². The van der Waals surface area contributed by atoms with E-state index in [1.165, 1.54) is 12.8 Å². The number of fused-ring (bicyclic) bond motifs is 1. The zero-order chi connectivity index (χ0) is 15.4. The lowest BCUT2D eigenvalue weighted by atomic mass is 10.1. The van der Waals surface area contributed by atoms with Gasteiger partial charge in [0.05, 0.1) is 5.02 Å². The molecule has 1 fully saturated rings. The number of rotatable bonds is 4. The van der Waals surface area contributed by atoms with E-state index >= 15 is 0 Å². The molecule has 0 bridgehead atoms. The highest BCUT2D eigenvalue weighted by Crippen LogP contribution is 2.38. The van der Waals surface area contributed by atoms with Crippen LogP contribution in [-0.4, -0.2) is 31.8 Å². The van der Waals surface area contributed by atoms with Crippen LogP contribution in [0.2, 0.25) is 5.02 Å². The monoisotopic (exact) mass is 324 g/mol. The van der Waals surface area contributed by atoms with Crippen LogP contribution in [0, 0.1) is 0 Å². The van der Waals surface area contributed by atoms with Gasteiger partial charge in [0.1, 0.15) is 13.2 Å². The van der Waals surface area contributed by atoms with E-state index in [-0.39, 0.29) is 6.03 Å². The fourth-order valence-electron chi connectivity index (χ4n) is 2.94. The van der Waals surface area contributed by atoms with Crippen molar-refractivity contribution in [2.24, 2.45) is 0 Å². The smallest absolute Gasteiger partial charge is 0.315 e. The number of amides is 2. The lowest BCUT2D eigenvalue weighted by molar-refractivity contribution is 0.171. The summed E-state index contributed by atoms with van der Waals surface area (Å²) in [5.41, 5.74) is 1.02. The lowest BCUT2D eigenvalue weighted by Crippen LogP contribution is -2.41. The molecule has 1 saturated carbocycles. The number of urea groups is 1. The van der Waals surface area contributed by atoms with Gasteiger partial charge in [0, 0.05) is 12.6 Å². The predicted octanol–water partition coefficient (Wildman–Crippen LogP) is 2.90. The summed E-state index contributed by atoms with van der Waals surface area (Å²) in [6.45, 7) is 1.62. The molecule has 0 unspecified atom stereocenters. The first-order chi connectivity index (χ1) is 10.7. The summed E-state index contributed by atoms with van der Waals surface area (Å²) in [7, 11) is 0. The Morgan fingerprint density at radius 1 is 1.23 bits per heavy atom. The number of hydrogen-bond acceptors (Lipinski definition) is 3. The molecule has 0 aromatic heterocycles. The first-order valence-electron chi connectivity index (χ1n) is 7.85. The minimum atomic E-state index is -0.0875. The molecule has 1 aliphatic heterocycles. The van der Waals surface area contributed by atoms with Gasteiger partial charge >= 0.3 is 6.03 Å². The van der Waals surface area contributed by atoms with Crippen LogP contribution in [0.25, 0.3) is 0 Å². The quantitative estimate of drug-likeness (QED) is 0.895. The molecule has 0 radical (unpaired) electrons. The summed E-state index contributed by atoms with van der Waals surface area (Å²) in [5.74, 6) is 1.30. The molecule has 2 amide bonds. The van der Waals surface area contributed by atoms with Crippen LogP contribution in [0.3, 0.4) is 0 Å². The van der Waals surface area contributed by atoms with E-state index in [0.717, 1.165) is 18.4 Å². The highest BCUT2D eigenvalue weighted by atomic mass is 35.5. The van der Waals surface area contributed by atoms with Gasteiger partial charge in [-0.25, -0.2) is 4.79 Å². The second-order valence-electron chi connectivity index (χ2n) is 5.73. The first-order valence-corrected chi connectivity index (χ1v) is 8.22. The van der Waals surface area contributed by atoms with E-state index in [1.807, 2.05) is 12.1 Å². The summed E-state index contributed by atoms with van der Waals surface area (Å²) in [6.07, 6.45) is 5.30. The van der Waals surface area contributed by atoms with Gasteiger partial charge in [0.15, 0.2) is 11.5 Å². The van der Waals surface area contributed by atoms with Crippen molar-refractivity contribution in [3.8, 4) is 11.5 Å². The average Bonchev–Trinajstić information content (AvgIpc) is 3.00. The van der Waals surface area contributed by atoms with E-state index in [9.17, 15) is 4.79 Å². The van der Waals surface area contributed by atoms with Crippen molar-refractivity contribution in [2.45, 2.75) is 38.1 Å². The Hall–Kier alpha value is -1.62. The standard InChI is InChI=1S/C16H21ClN2O3/c17-13-9-11(10-14-15(13)22-8-7-21-14)5-6-18-16(20)19-12-3-1-2-4-12/h9-10,12H,1-8H2,(H2,18,19,20).